The van der Waals surface area contributed by atoms with Gasteiger partial charge in [-0.3, -0.25) is 4.79 Å². The maximum atomic E-state index is 11.9. The van der Waals surface area contributed by atoms with Crippen molar-refractivity contribution >= 4 is 5.78 Å². The third kappa shape index (κ3) is 3.17. The lowest BCUT2D eigenvalue weighted by Gasteiger charge is -2.09. The van der Waals surface area contributed by atoms with E-state index >= 15 is 0 Å². The molecule has 0 aliphatic rings. The first-order valence-electron chi connectivity index (χ1n) is 5.31. The van der Waals surface area contributed by atoms with Gasteiger partial charge in [-0.2, -0.15) is 0 Å². The normalized spacial score (nSPS) is 12.5. The van der Waals surface area contributed by atoms with E-state index in [-0.39, 0.29) is 11.7 Å². The molecular formula is C13H18O2. The van der Waals surface area contributed by atoms with Crippen LogP contribution in [-0.4, -0.2) is 19.5 Å². The summed E-state index contributed by atoms with van der Waals surface area (Å²) >= 11 is 0. The Balaban J connectivity index is 2.73. The molecule has 0 aliphatic carbocycles. The van der Waals surface area contributed by atoms with E-state index in [1.807, 2.05) is 31.2 Å². The van der Waals surface area contributed by atoms with Gasteiger partial charge in [0.15, 0.2) is 5.78 Å². The van der Waals surface area contributed by atoms with Gasteiger partial charge in [-0.1, -0.05) is 38.1 Å². The van der Waals surface area contributed by atoms with Crippen LogP contribution in [-0.2, 0) is 11.2 Å². The van der Waals surface area contributed by atoms with E-state index in [0.717, 1.165) is 12.0 Å². The fourth-order valence-corrected chi connectivity index (χ4v) is 1.51. The molecule has 15 heavy (non-hydrogen) atoms. The zero-order chi connectivity index (χ0) is 11.3. The van der Waals surface area contributed by atoms with Crippen LogP contribution in [0, 0.1) is 5.92 Å². The molecule has 0 amide bonds. The molecule has 1 aromatic carbocycles. The summed E-state index contributed by atoms with van der Waals surface area (Å²) in [5.41, 5.74) is 2.03. The van der Waals surface area contributed by atoms with Gasteiger partial charge in [-0.25, -0.2) is 0 Å². The largest absolute Gasteiger partial charge is 0.384 e. The Morgan fingerprint density at radius 1 is 1.33 bits per heavy atom. The topological polar surface area (TPSA) is 26.3 Å². The van der Waals surface area contributed by atoms with Crippen molar-refractivity contribution in [1.82, 2.24) is 0 Å². The highest BCUT2D eigenvalue weighted by molar-refractivity contribution is 5.97. The number of hydrogen-bond acceptors (Lipinski definition) is 2. The predicted octanol–water partition coefficient (Wildman–Crippen LogP) is 2.71. The molecule has 0 radical (unpaired) electrons. The number of carbonyl (C=O) groups excluding carboxylic acids is 1. The van der Waals surface area contributed by atoms with Gasteiger partial charge in [-0.05, 0) is 12.0 Å². The molecule has 0 bridgehead atoms. The molecule has 1 rings (SSSR count). The molecule has 2 heteroatoms. The number of rotatable bonds is 5. The highest BCUT2D eigenvalue weighted by atomic mass is 16.5. The average Bonchev–Trinajstić information content (AvgIpc) is 2.28. The maximum Gasteiger partial charge on any atom is 0.167 e. The van der Waals surface area contributed by atoms with Gasteiger partial charge in [0.05, 0.1) is 6.61 Å². The first-order chi connectivity index (χ1) is 7.19. The number of carbonyl (C=O) groups is 1. The second-order valence-corrected chi connectivity index (χ2v) is 3.77. The van der Waals surface area contributed by atoms with Crippen molar-refractivity contribution in [1.29, 1.82) is 0 Å². The van der Waals surface area contributed by atoms with Crippen molar-refractivity contribution in [3.8, 4) is 0 Å². The lowest BCUT2D eigenvalue weighted by molar-refractivity contribution is 0.0830. The highest BCUT2D eigenvalue weighted by Crippen LogP contribution is 2.11. The third-order valence-electron chi connectivity index (χ3n) is 2.51. The van der Waals surface area contributed by atoms with Crippen molar-refractivity contribution in [2.75, 3.05) is 13.7 Å². The Labute approximate surface area is 91.3 Å². The highest BCUT2D eigenvalue weighted by Gasteiger charge is 2.14. The number of Topliss-reactive ketones (excluding diaryl/α,β-unsaturated/α-hetero) is 1. The van der Waals surface area contributed by atoms with Crippen LogP contribution in [0.15, 0.2) is 24.3 Å². The summed E-state index contributed by atoms with van der Waals surface area (Å²) in [6.07, 6.45) is 1.00. The third-order valence-corrected chi connectivity index (χ3v) is 2.51. The van der Waals surface area contributed by atoms with Crippen molar-refractivity contribution in [3.63, 3.8) is 0 Å². The average molecular weight is 206 g/mol. The fourth-order valence-electron chi connectivity index (χ4n) is 1.51. The molecule has 0 heterocycles. The van der Waals surface area contributed by atoms with Crippen LogP contribution in [0.4, 0.5) is 0 Å². The standard InChI is InChI=1S/C13H18O2/c1-4-11-5-7-12(8-6-11)13(14)10(2)9-15-3/h5-8,10H,4,9H2,1-3H3. The van der Waals surface area contributed by atoms with Crippen LogP contribution in [0.25, 0.3) is 0 Å². The summed E-state index contributed by atoms with van der Waals surface area (Å²) < 4.78 is 4.97. The molecule has 1 atom stereocenters. The summed E-state index contributed by atoms with van der Waals surface area (Å²) in [6.45, 7) is 4.47. The quantitative estimate of drug-likeness (QED) is 0.692. The van der Waals surface area contributed by atoms with Crippen LogP contribution in [0.1, 0.15) is 29.8 Å². The molecule has 0 aliphatic heterocycles. The van der Waals surface area contributed by atoms with Crippen LogP contribution < -0.4 is 0 Å². The molecular weight excluding hydrogens is 188 g/mol. The summed E-state index contributed by atoms with van der Waals surface area (Å²) in [6, 6.07) is 7.81. The maximum absolute atomic E-state index is 11.9. The first-order valence-corrected chi connectivity index (χ1v) is 5.31. The monoisotopic (exact) mass is 206 g/mol. The zero-order valence-corrected chi connectivity index (χ0v) is 9.62. The molecule has 0 N–H and O–H groups in total. The summed E-state index contributed by atoms with van der Waals surface area (Å²) in [4.78, 5) is 11.9. The lowest BCUT2D eigenvalue weighted by Crippen LogP contribution is -2.16. The lowest BCUT2D eigenvalue weighted by atomic mass is 9.99. The minimum atomic E-state index is -0.0672. The minimum absolute atomic E-state index is 0.0672. The van der Waals surface area contributed by atoms with Gasteiger partial charge in [-0.15, -0.1) is 0 Å². The Hall–Kier alpha value is -1.15. The van der Waals surface area contributed by atoms with E-state index in [1.54, 1.807) is 7.11 Å². The zero-order valence-electron chi connectivity index (χ0n) is 9.62. The summed E-state index contributed by atoms with van der Waals surface area (Å²) in [5, 5.41) is 0. The van der Waals surface area contributed by atoms with Gasteiger partial charge >= 0.3 is 0 Å². The van der Waals surface area contributed by atoms with Crippen LogP contribution in [0.5, 0.6) is 0 Å². The fraction of sp³-hybridized carbons (Fsp3) is 0.462. The van der Waals surface area contributed by atoms with E-state index in [0.29, 0.717) is 6.61 Å². The molecule has 2 nitrogen and oxygen atoms in total. The van der Waals surface area contributed by atoms with Crippen molar-refractivity contribution < 1.29 is 9.53 Å². The van der Waals surface area contributed by atoms with E-state index in [9.17, 15) is 4.79 Å². The minimum Gasteiger partial charge on any atom is -0.384 e. The number of hydrogen-bond donors (Lipinski definition) is 0. The second kappa shape index (κ2) is 5.66. The number of ketones is 1. The van der Waals surface area contributed by atoms with Crippen LogP contribution >= 0.6 is 0 Å². The molecule has 1 aromatic rings. The Bertz CT molecular complexity index is 314. The van der Waals surface area contributed by atoms with Gasteiger partial charge in [0.25, 0.3) is 0 Å². The number of aryl methyl sites for hydroxylation is 1. The first kappa shape index (κ1) is 11.9. The van der Waals surface area contributed by atoms with E-state index in [2.05, 4.69) is 6.92 Å². The smallest absolute Gasteiger partial charge is 0.167 e. The Morgan fingerprint density at radius 3 is 2.40 bits per heavy atom. The molecule has 1 unspecified atom stereocenters. The molecule has 0 saturated heterocycles. The summed E-state index contributed by atoms with van der Waals surface area (Å²) in [7, 11) is 1.62. The van der Waals surface area contributed by atoms with E-state index in [1.165, 1.54) is 5.56 Å². The van der Waals surface area contributed by atoms with Crippen molar-refractivity contribution in [2.45, 2.75) is 20.3 Å². The molecule has 0 fully saturated rings. The van der Waals surface area contributed by atoms with Crippen LogP contribution in [0.2, 0.25) is 0 Å². The van der Waals surface area contributed by atoms with Gasteiger partial charge in [0.1, 0.15) is 0 Å². The van der Waals surface area contributed by atoms with Crippen LogP contribution in [0.3, 0.4) is 0 Å². The SMILES string of the molecule is CCc1ccc(C(=O)C(C)COC)cc1. The number of methoxy groups -OCH3 is 1. The Kier molecular flexibility index (Phi) is 4.50. The van der Waals surface area contributed by atoms with Gasteiger partial charge < -0.3 is 4.74 Å². The molecule has 82 valence electrons. The van der Waals surface area contributed by atoms with Crippen molar-refractivity contribution in [2.24, 2.45) is 5.92 Å². The Morgan fingerprint density at radius 2 is 1.93 bits per heavy atom. The van der Waals surface area contributed by atoms with Gasteiger partial charge in [0, 0.05) is 18.6 Å². The van der Waals surface area contributed by atoms with E-state index in [4.69, 9.17) is 4.74 Å². The molecule has 0 aromatic heterocycles. The second-order valence-electron chi connectivity index (χ2n) is 3.77. The van der Waals surface area contributed by atoms with Crippen molar-refractivity contribution in [3.05, 3.63) is 35.4 Å². The number of benzene rings is 1. The molecule has 0 saturated carbocycles. The van der Waals surface area contributed by atoms with Gasteiger partial charge in [0.2, 0.25) is 0 Å². The molecule has 0 spiro atoms. The predicted molar refractivity (Wildman–Crippen MR) is 61.2 cm³/mol. The van der Waals surface area contributed by atoms with E-state index < -0.39 is 0 Å². The number of ether oxygens (including phenoxy) is 1. The summed E-state index contributed by atoms with van der Waals surface area (Å²) in [5.74, 6) is 0.0852.